The van der Waals surface area contributed by atoms with Crippen molar-refractivity contribution in [2.45, 2.75) is 26.7 Å². The summed E-state index contributed by atoms with van der Waals surface area (Å²) in [6.45, 7) is 4.68. The SMILES string of the molecule is CCCCOc1ccc(C=C(C#N)C(=O)Nc2ccc(C)cc2)cc1OC. The van der Waals surface area contributed by atoms with E-state index in [1.165, 1.54) is 6.08 Å². The molecule has 0 bridgehead atoms. The van der Waals surface area contributed by atoms with E-state index in [4.69, 9.17) is 9.47 Å². The number of anilines is 1. The second kappa shape index (κ2) is 10.0. The lowest BCUT2D eigenvalue weighted by Gasteiger charge is -2.11. The number of nitrogens with one attached hydrogen (secondary N) is 1. The van der Waals surface area contributed by atoms with Crippen molar-refractivity contribution in [3.63, 3.8) is 0 Å². The van der Waals surface area contributed by atoms with Gasteiger partial charge in [0.1, 0.15) is 11.6 Å². The van der Waals surface area contributed by atoms with Crippen LogP contribution >= 0.6 is 0 Å². The van der Waals surface area contributed by atoms with Gasteiger partial charge in [0.05, 0.1) is 13.7 Å². The minimum atomic E-state index is -0.455. The number of amides is 1. The van der Waals surface area contributed by atoms with E-state index in [-0.39, 0.29) is 5.57 Å². The Hall–Kier alpha value is -3.26. The van der Waals surface area contributed by atoms with Gasteiger partial charge >= 0.3 is 0 Å². The first-order valence-corrected chi connectivity index (χ1v) is 8.88. The van der Waals surface area contributed by atoms with Gasteiger partial charge in [-0.05, 0) is 49.2 Å². The minimum absolute atomic E-state index is 0.0114. The molecule has 0 unspecified atom stereocenters. The number of rotatable bonds is 8. The monoisotopic (exact) mass is 364 g/mol. The average Bonchev–Trinajstić information content (AvgIpc) is 2.68. The maximum absolute atomic E-state index is 12.4. The van der Waals surface area contributed by atoms with Crippen LogP contribution in [0.5, 0.6) is 11.5 Å². The van der Waals surface area contributed by atoms with Gasteiger partial charge in [0, 0.05) is 5.69 Å². The molecule has 2 aromatic rings. The number of hydrogen-bond acceptors (Lipinski definition) is 4. The molecule has 0 fully saturated rings. The van der Waals surface area contributed by atoms with Crippen LogP contribution in [0.4, 0.5) is 5.69 Å². The number of nitriles is 1. The van der Waals surface area contributed by atoms with Crippen LogP contribution in [-0.4, -0.2) is 19.6 Å². The van der Waals surface area contributed by atoms with Crippen LogP contribution in [0.3, 0.4) is 0 Å². The summed E-state index contributed by atoms with van der Waals surface area (Å²) < 4.78 is 11.1. The lowest BCUT2D eigenvalue weighted by Crippen LogP contribution is -2.13. The van der Waals surface area contributed by atoms with E-state index >= 15 is 0 Å². The van der Waals surface area contributed by atoms with Crippen LogP contribution in [0, 0.1) is 18.3 Å². The fraction of sp³-hybridized carbons (Fsp3) is 0.273. The Morgan fingerprint density at radius 1 is 1.19 bits per heavy atom. The fourth-order valence-electron chi connectivity index (χ4n) is 2.37. The first-order chi connectivity index (χ1) is 13.1. The molecule has 140 valence electrons. The van der Waals surface area contributed by atoms with Crippen LogP contribution < -0.4 is 14.8 Å². The van der Waals surface area contributed by atoms with Crippen molar-refractivity contribution in [1.29, 1.82) is 5.26 Å². The highest BCUT2D eigenvalue weighted by molar-refractivity contribution is 6.09. The molecule has 0 spiro atoms. The van der Waals surface area contributed by atoms with Crippen molar-refractivity contribution in [3.8, 4) is 17.6 Å². The number of aryl methyl sites for hydroxylation is 1. The molecule has 0 atom stereocenters. The van der Waals surface area contributed by atoms with Gasteiger partial charge in [0.15, 0.2) is 11.5 Å². The Morgan fingerprint density at radius 3 is 2.56 bits per heavy atom. The van der Waals surface area contributed by atoms with Gasteiger partial charge < -0.3 is 14.8 Å². The lowest BCUT2D eigenvalue weighted by molar-refractivity contribution is -0.112. The second-order valence-corrected chi connectivity index (χ2v) is 6.10. The van der Waals surface area contributed by atoms with E-state index in [0.29, 0.717) is 29.4 Å². The molecule has 5 nitrogen and oxygen atoms in total. The first-order valence-electron chi connectivity index (χ1n) is 8.88. The number of methoxy groups -OCH3 is 1. The molecule has 0 aliphatic carbocycles. The number of unbranched alkanes of at least 4 members (excludes halogenated alkanes) is 1. The molecular weight excluding hydrogens is 340 g/mol. The van der Waals surface area contributed by atoms with E-state index in [1.54, 1.807) is 37.4 Å². The molecule has 0 aliphatic rings. The predicted molar refractivity (Wildman–Crippen MR) is 107 cm³/mol. The summed E-state index contributed by atoms with van der Waals surface area (Å²) in [5.74, 6) is 0.755. The third-order valence-corrected chi connectivity index (χ3v) is 3.93. The van der Waals surface area contributed by atoms with E-state index in [0.717, 1.165) is 18.4 Å². The Kier molecular flexibility index (Phi) is 7.45. The van der Waals surface area contributed by atoms with Crippen molar-refractivity contribution in [2.24, 2.45) is 0 Å². The Morgan fingerprint density at radius 2 is 1.93 bits per heavy atom. The zero-order valence-corrected chi connectivity index (χ0v) is 15.9. The van der Waals surface area contributed by atoms with Crippen molar-refractivity contribution in [3.05, 3.63) is 59.2 Å². The van der Waals surface area contributed by atoms with E-state index in [1.807, 2.05) is 25.1 Å². The van der Waals surface area contributed by atoms with Crippen LogP contribution in [-0.2, 0) is 4.79 Å². The molecule has 2 rings (SSSR count). The van der Waals surface area contributed by atoms with E-state index in [2.05, 4.69) is 12.2 Å². The lowest BCUT2D eigenvalue weighted by atomic mass is 10.1. The third kappa shape index (κ3) is 5.89. The number of hydrogen-bond donors (Lipinski definition) is 1. The number of carbonyl (C=O) groups excluding carboxylic acids is 1. The van der Waals surface area contributed by atoms with Gasteiger partial charge in [-0.15, -0.1) is 0 Å². The van der Waals surface area contributed by atoms with Crippen LogP contribution in [0.15, 0.2) is 48.0 Å². The molecule has 27 heavy (non-hydrogen) atoms. The number of nitrogens with zero attached hydrogens (tertiary/aromatic N) is 1. The zero-order valence-electron chi connectivity index (χ0n) is 15.9. The highest BCUT2D eigenvalue weighted by atomic mass is 16.5. The molecule has 0 heterocycles. The standard InChI is InChI=1S/C22H24N2O3/c1-4-5-12-27-20-11-8-17(14-21(20)26-3)13-18(15-23)22(25)24-19-9-6-16(2)7-10-19/h6-11,13-14H,4-5,12H2,1-3H3,(H,24,25). The van der Waals surface area contributed by atoms with Crippen molar-refractivity contribution < 1.29 is 14.3 Å². The zero-order chi connectivity index (χ0) is 19.6. The van der Waals surface area contributed by atoms with Crippen LogP contribution in [0.2, 0.25) is 0 Å². The summed E-state index contributed by atoms with van der Waals surface area (Å²) in [5.41, 5.74) is 2.43. The molecular formula is C22H24N2O3. The summed E-state index contributed by atoms with van der Waals surface area (Å²) >= 11 is 0. The molecule has 1 amide bonds. The Bertz CT molecular complexity index is 849. The van der Waals surface area contributed by atoms with Gasteiger partial charge in [-0.3, -0.25) is 4.79 Å². The Balaban J connectivity index is 2.17. The van der Waals surface area contributed by atoms with E-state index < -0.39 is 5.91 Å². The normalized spacial score (nSPS) is 10.8. The average molecular weight is 364 g/mol. The van der Waals surface area contributed by atoms with Crippen molar-refractivity contribution in [2.75, 3.05) is 19.0 Å². The van der Waals surface area contributed by atoms with Crippen molar-refractivity contribution >= 4 is 17.7 Å². The molecule has 2 aromatic carbocycles. The number of benzene rings is 2. The maximum atomic E-state index is 12.4. The summed E-state index contributed by atoms with van der Waals surface area (Å²) in [4.78, 5) is 12.4. The largest absolute Gasteiger partial charge is 0.493 e. The fourth-order valence-corrected chi connectivity index (χ4v) is 2.37. The smallest absolute Gasteiger partial charge is 0.266 e. The van der Waals surface area contributed by atoms with Crippen LogP contribution in [0.25, 0.3) is 6.08 Å². The maximum Gasteiger partial charge on any atom is 0.266 e. The molecule has 0 radical (unpaired) electrons. The molecule has 5 heteroatoms. The summed E-state index contributed by atoms with van der Waals surface area (Å²) in [6, 6.07) is 14.7. The molecule has 0 saturated carbocycles. The first kappa shape index (κ1) is 20.1. The highest BCUT2D eigenvalue weighted by Crippen LogP contribution is 2.29. The van der Waals surface area contributed by atoms with Gasteiger partial charge in [0.2, 0.25) is 0 Å². The number of ether oxygens (including phenoxy) is 2. The molecule has 1 N–H and O–H groups in total. The third-order valence-electron chi connectivity index (χ3n) is 3.93. The summed E-state index contributed by atoms with van der Waals surface area (Å²) in [5, 5.41) is 12.1. The van der Waals surface area contributed by atoms with Gasteiger partial charge in [-0.25, -0.2) is 0 Å². The van der Waals surface area contributed by atoms with Gasteiger partial charge in [-0.1, -0.05) is 37.1 Å². The van der Waals surface area contributed by atoms with Crippen LogP contribution in [0.1, 0.15) is 30.9 Å². The number of carbonyl (C=O) groups is 1. The molecule has 0 aromatic heterocycles. The Labute approximate surface area is 160 Å². The van der Waals surface area contributed by atoms with E-state index in [9.17, 15) is 10.1 Å². The second-order valence-electron chi connectivity index (χ2n) is 6.10. The topological polar surface area (TPSA) is 71.3 Å². The van der Waals surface area contributed by atoms with Gasteiger partial charge in [-0.2, -0.15) is 5.26 Å². The molecule has 0 aliphatic heterocycles. The predicted octanol–water partition coefficient (Wildman–Crippen LogP) is 4.73. The quantitative estimate of drug-likeness (QED) is 0.418. The van der Waals surface area contributed by atoms with Gasteiger partial charge in [0.25, 0.3) is 5.91 Å². The summed E-state index contributed by atoms with van der Waals surface area (Å²) in [6.07, 6.45) is 3.54. The molecule has 0 saturated heterocycles. The van der Waals surface area contributed by atoms with Crippen molar-refractivity contribution in [1.82, 2.24) is 0 Å². The summed E-state index contributed by atoms with van der Waals surface area (Å²) in [7, 11) is 1.56. The highest BCUT2D eigenvalue weighted by Gasteiger charge is 2.11. The minimum Gasteiger partial charge on any atom is -0.493 e.